The summed E-state index contributed by atoms with van der Waals surface area (Å²) in [6.45, 7) is 3.95. The fourth-order valence-electron chi connectivity index (χ4n) is 1.20. The zero-order valence-corrected chi connectivity index (χ0v) is 8.05. The van der Waals surface area contributed by atoms with Gasteiger partial charge in [0.1, 0.15) is 0 Å². The van der Waals surface area contributed by atoms with E-state index in [1.54, 1.807) is 35.1 Å². The van der Waals surface area contributed by atoms with Crippen LogP contribution in [0.25, 0.3) is 5.65 Å². The highest BCUT2D eigenvalue weighted by atomic mass is 16.1. The maximum atomic E-state index is 11.5. The molecule has 15 heavy (non-hydrogen) atoms. The second-order valence-electron chi connectivity index (χ2n) is 2.95. The Labute approximate surface area is 86.4 Å². The van der Waals surface area contributed by atoms with Gasteiger partial charge in [0, 0.05) is 25.0 Å². The summed E-state index contributed by atoms with van der Waals surface area (Å²) in [6, 6.07) is 3.39. The van der Waals surface area contributed by atoms with Crippen LogP contribution < -0.4 is 5.32 Å². The number of amides is 1. The molecule has 0 aliphatic heterocycles. The molecule has 0 aliphatic carbocycles. The Morgan fingerprint density at radius 1 is 1.67 bits per heavy atom. The van der Waals surface area contributed by atoms with E-state index in [9.17, 15) is 4.79 Å². The van der Waals surface area contributed by atoms with Crippen molar-refractivity contribution < 1.29 is 4.79 Å². The van der Waals surface area contributed by atoms with Gasteiger partial charge >= 0.3 is 0 Å². The zero-order valence-electron chi connectivity index (χ0n) is 8.05. The van der Waals surface area contributed by atoms with E-state index in [1.165, 1.54) is 0 Å². The first-order chi connectivity index (χ1) is 7.31. The van der Waals surface area contributed by atoms with Crippen LogP contribution in [0.15, 0.2) is 37.2 Å². The van der Waals surface area contributed by atoms with Crippen LogP contribution in [-0.4, -0.2) is 27.0 Å². The molecule has 0 radical (unpaired) electrons. The molecule has 2 rings (SSSR count). The van der Waals surface area contributed by atoms with Crippen LogP contribution in [0.2, 0.25) is 0 Å². The van der Waals surface area contributed by atoms with Gasteiger partial charge in [-0.1, -0.05) is 6.08 Å². The van der Waals surface area contributed by atoms with Crippen LogP contribution in [0.5, 0.6) is 0 Å². The van der Waals surface area contributed by atoms with Crippen molar-refractivity contribution in [1.29, 1.82) is 0 Å². The number of hydrogen-bond acceptors (Lipinski definition) is 3. The van der Waals surface area contributed by atoms with Crippen LogP contribution in [0.3, 0.4) is 0 Å². The van der Waals surface area contributed by atoms with Gasteiger partial charge in [-0.2, -0.15) is 5.10 Å². The number of carbonyl (C=O) groups is 1. The lowest BCUT2D eigenvalue weighted by Gasteiger charge is -1.96. The molecule has 0 unspecified atom stereocenters. The third-order valence-corrected chi connectivity index (χ3v) is 1.88. The molecule has 0 aliphatic rings. The molecule has 0 saturated carbocycles. The van der Waals surface area contributed by atoms with Gasteiger partial charge in [-0.05, 0) is 6.07 Å². The SMILES string of the molecule is C=CCNC(=O)c1cc2ncccn2n1. The number of carbonyl (C=O) groups excluding carboxylic acids is 1. The highest BCUT2D eigenvalue weighted by Gasteiger charge is 2.09. The van der Waals surface area contributed by atoms with Gasteiger partial charge in [0.25, 0.3) is 5.91 Å². The molecule has 2 aromatic rings. The maximum Gasteiger partial charge on any atom is 0.272 e. The van der Waals surface area contributed by atoms with Crippen LogP contribution in [-0.2, 0) is 0 Å². The molecule has 76 valence electrons. The number of nitrogens with zero attached hydrogens (tertiary/aromatic N) is 3. The average Bonchev–Trinajstić information content (AvgIpc) is 2.69. The van der Waals surface area contributed by atoms with Crippen LogP contribution in [0.1, 0.15) is 10.5 Å². The average molecular weight is 202 g/mol. The maximum absolute atomic E-state index is 11.5. The van der Waals surface area contributed by atoms with Gasteiger partial charge in [-0.15, -0.1) is 6.58 Å². The molecule has 1 amide bonds. The van der Waals surface area contributed by atoms with E-state index in [0.29, 0.717) is 17.9 Å². The highest BCUT2D eigenvalue weighted by molar-refractivity contribution is 5.93. The van der Waals surface area contributed by atoms with Crippen molar-refractivity contribution in [2.45, 2.75) is 0 Å². The Hall–Kier alpha value is -2.17. The number of rotatable bonds is 3. The summed E-state index contributed by atoms with van der Waals surface area (Å²) in [5, 5.41) is 6.72. The molecule has 1 N–H and O–H groups in total. The van der Waals surface area contributed by atoms with Gasteiger partial charge < -0.3 is 5.32 Å². The molecule has 0 fully saturated rings. The molecule has 2 heterocycles. The summed E-state index contributed by atoms with van der Waals surface area (Å²) in [5.41, 5.74) is 1.01. The topological polar surface area (TPSA) is 59.3 Å². The third-order valence-electron chi connectivity index (χ3n) is 1.88. The fraction of sp³-hybridized carbons (Fsp3) is 0.100. The number of aromatic nitrogens is 3. The normalized spacial score (nSPS) is 10.1. The van der Waals surface area contributed by atoms with E-state index in [2.05, 4.69) is 22.0 Å². The first-order valence-corrected chi connectivity index (χ1v) is 4.51. The molecular formula is C10H10N4O. The van der Waals surface area contributed by atoms with Crippen molar-refractivity contribution in [2.75, 3.05) is 6.54 Å². The Morgan fingerprint density at radius 3 is 3.27 bits per heavy atom. The van der Waals surface area contributed by atoms with Crippen LogP contribution >= 0.6 is 0 Å². The van der Waals surface area contributed by atoms with E-state index < -0.39 is 0 Å². The first-order valence-electron chi connectivity index (χ1n) is 4.51. The second-order valence-corrected chi connectivity index (χ2v) is 2.95. The number of hydrogen-bond donors (Lipinski definition) is 1. The first kappa shape index (κ1) is 9.39. The van der Waals surface area contributed by atoms with Crippen molar-refractivity contribution in [3.05, 3.63) is 42.9 Å². The highest BCUT2D eigenvalue weighted by Crippen LogP contribution is 2.02. The Morgan fingerprint density at radius 2 is 2.53 bits per heavy atom. The van der Waals surface area contributed by atoms with Crippen LogP contribution in [0.4, 0.5) is 0 Å². The summed E-state index contributed by atoms with van der Waals surface area (Å²) in [7, 11) is 0. The molecule has 0 bridgehead atoms. The standard InChI is InChI=1S/C10H10N4O/c1-2-4-12-10(15)8-7-9-11-5-3-6-14(9)13-8/h2-3,5-7H,1,4H2,(H,12,15). The largest absolute Gasteiger partial charge is 0.347 e. The molecule has 0 atom stereocenters. The molecule has 0 aromatic carbocycles. The Bertz CT molecular complexity index is 470. The van der Waals surface area contributed by atoms with Crippen molar-refractivity contribution in [3.63, 3.8) is 0 Å². The van der Waals surface area contributed by atoms with Gasteiger partial charge in [-0.25, -0.2) is 9.50 Å². The number of fused-ring (bicyclic) bond motifs is 1. The Balaban J connectivity index is 2.28. The molecule has 5 heteroatoms. The minimum absolute atomic E-state index is 0.222. The van der Waals surface area contributed by atoms with E-state index in [1.807, 2.05) is 0 Å². The molecule has 2 aromatic heterocycles. The van der Waals surface area contributed by atoms with Gasteiger partial charge in [0.05, 0.1) is 0 Å². The lowest BCUT2D eigenvalue weighted by Crippen LogP contribution is -2.23. The quantitative estimate of drug-likeness (QED) is 0.743. The monoisotopic (exact) mass is 202 g/mol. The molecule has 5 nitrogen and oxygen atoms in total. The van der Waals surface area contributed by atoms with E-state index >= 15 is 0 Å². The van der Waals surface area contributed by atoms with E-state index in [4.69, 9.17) is 0 Å². The molecule has 0 spiro atoms. The van der Waals surface area contributed by atoms with Gasteiger partial charge in [0.2, 0.25) is 0 Å². The number of nitrogens with one attached hydrogen (secondary N) is 1. The van der Waals surface area contributed by atoms with Gasteiger partial charge in [-0.3, -0.25) is 4.79 Å². The fourth-order valence-corrected chi connectivity index (χ4v) is 1.20. The molecular weight excluding hydrogens is 192 g/mol. The van der Waals surface area contributed by atoms with E-state index in [-0.39, 0.29) is 5.91 Å². The summed E-state index contributed by atoms with van der Waals surface area (Å²) < 4.78 is 1.56. The van der Waals surface area contributed by atoms with E-state index in [0.717, 1.165) is 0 Å². The van der Waals surface area contributed by atoms with Crippen molar-refractivity contribution >= 4 is 11.6 Å². The zero-order chi connectivity index (χ0) is 10.7. The lowest BCUT2D eigenvalue weighted by atomic mass is 10.4. The lowest BCUT2D eigenvalue weighted by molar-refractivity contribution is 0.0953. The summed E-state index contributed by atoms with van der Waals surface area (Å²) in [6.07, 6.45) is 5.01. The predicted molar refractivity (Wildman–Crippen MR) is 55.5 cm³/mol. The minimum Gasteiger partial charge on any atom is -0.347 e. The minimum atomic E-state index is -0.222. The summed E-state index contributed by atoms with van der Waals surface area (Å²) in [4.78, 5) is 15.6. The van der Waals surface area contributed by atoms with Crippen molar-refractivity contribution in [1.82, 2.24) is 19.9 Å². The second kappa shape index (κ2) is 3.91. The smallest absolute Gasteiger partial charge is 0.272 e. The van der Waals surface area contributed by atoms with Crippen molar-refractivity contribution in [3.8, 4) is 0 Å². The Kier molecular flexibility index (Phi) is 2.45. The molecule has 0 saturated heterocycles. The summed E-state index contributed by atoms with van der Waals surface area (Å²) >= 11 is 0. The van der Waals surface area contributed by atoms with Crippen molar-refractivity contribution in [2.24, 2.45) is 0 Å². The van der Waals surface area contributed by atoms with Gasteiger partial charge in [0.15, 0.2) is 11.3 Å². The summed E-state index contributed by atoms with van der Waals surface area (Å²) in [5.74, 6) is -0.222. The van der Waals surface area contributed by atoms with Crippen LogP contribution in [0, 0.1) is 0 Å². The third kappa shape index (κ3) is 1.85. The predicted octanol–water partition coefficient (Wildman–Crippen LogP) is 0.645.